The van der Waals surface area contributed by atoms with Crippen LogP contribution in [0.1, 0.15) is 31.0 Å². The van der Waals surface area contributed by atoms with Crippen LogP contribution in [0, 0.1) is 0 Å². The molecule has 0 aliphatic rings. The van der Waals surface area contributed by atoms with Crippen LogP contribution in [0.5, 0.6) is 0 Å². The van der Waals surface area contributed by atoms with Crippen LogP contribution < -0.4 is 10.5 Å². The average Bonchev–Trinajstić information content (AvgIpc) is 2.88. The number of rotatable bonds is 5. The monoisotopic (exact) mass is 293 g/mol. The van der Waals surface area contributed by atoms with Crippen LogP contribution in [0.3, 0.4) is 0 Å². The van der Waals surface area contributed by atoms with Gasteiger partial charge in [0.1, 0.15) is 4.90 Å². The number of H-pyrrole nitrogens is 1. The van der Waals surface area contributed by atoms with Crippen molar-refractivity contribution in [2.75, 3.05) is 4.72 Å². The second-order valence-electron chi connectivity index (χ2n) is 4.95. The molecule has 0 unspecified atom stereocenters. The Bertz CT molecular complexity index is 673. The third-order valence-electron chi connectivity index (χ3n) is 3.08. The molecule has 6 heteroatoms. The zero-order valence-corrected chi connectivity index (χ0v) is 12.4. The molecule has 0 aliphatic heterocycles. The van der Waals surface area contributed by atoms with Crippen molar-refractivity contribution in [1.29, 1.82) is 0 Å². The molecule has 0 amide bonds. The van der Waals surface area contributed by atoms with Gasteiger partial charge in [0.2, 0.25) is 0 Å². The van der Waals surface area contributed by atoms with Gasteiger partial charge in [0, 0.05) is 24.1 Å². The van der Waals surface area contributed by atoms with Gasteiger partial charge in [0.25, 0.3) is 10.0 Å². The molecule has 1 heterocycles. The van der Waals surface area contributed by atoms with Crippen molar-refractivity contribution in [3.63, 3.8) is 0 Å². The van der Waals surface area contributed by atoms with E-state index >= 15 is 0 Å². The second kappa shape index (κ2) is 5.68. The molecule has 0 spiro atoms. The topological polar surface area (TPSA) is 88.0 Å². The van der Waals surface area contributed by atoms with Gasteiger partial charge >= 0.3 is 0 Å². The van der Waals surface area contributed by atoms with Gasteiger partial charge in [0.05, 0.1) is 0 Å². The Balaban J connectivity index is 2.19. The lowest BCUT2D eigenvalue weighted by molar-refractivity contribution is 0.601. The summed E-state index contributed by atoms with van der Waals surface area (Å²) < 4.78 is 26.9. The lowest BCUT2D eigenvalue weighted by atomic mass is 10.0. The molecule has 108 valence electrons. The molecule has 0 radical (unpaired) electrons. The molecule has 0 atom stereocenters. The second-order valence-corrected chi connectivity index (χ2v) is 6.63. The number of hydrogen-bond acceptors (Lipinski definition) is 3. The molecular weight excluding hydrogens is 274 g/mol. The zero-order chi connectivity index (χ0) is 14.8. The Morgan fingerprint density at radius 1 is 1.25 bits per heavy atom. The highest BCUT2D eigenvalue weighted by Crippen LogP contribution is 2.20. The SMILES string of the molecule is CC(C)c1ccc(NS(=O)(=O)c2c[nH]c(CN)c2)cc1. The predicted octanol–water partition coefficient (Wildman–Crippen LogP) is 2.40. The maximum absolute atomic E-state index is 12.2. The zero-order valence-electron chi connectivity index (χ0n) is 11.6. The molecule has 5 nitrogen and oxygen atoms in total. The quantitative estimate of drug-likeness (QED) is 0.791. The molecule has 20 heavy (non-hydrogen) atoms. The van der Waals surface area contributed by atoms with Gasteiger partial charge in [-0.15, -0.1) is 0 Å². The van der Waals surface area contributed by atoms with Gasteiger partial charge in [-0.05, 0) is 29.7 Å². The summed E-state index contributed by atoms with van der Waals surface area (Å²) in [5.74, 6) is 0.414. The highest BCUT2D eigenvalue weighted by Gasteiger charge is 2.16. The summed E-state index contributed by atoms with van der Waals surface area (Å²) in [5.41, 5.74) is 7.85. The summed E-state index contributed by atoms with van der Waals surface area (Å²) >= 11 is 0. The smallest absolute Gasteiger partial charge is 0.263 e. The van der Waals surface area contributed by atoms with Crippen LogP contribution >= 0.6 is 0 Å². The van der Waals surface area contributed by atoms with E-state index in [2.05, 4.69) is 23.6 Å². The number of aromatic amines is 1. The maximum atomic E-state index is 12.2. The van der Waals surface area contributed by atoms with E-state index in [1.165, 1.54) is 17.8 Å². The third-order valence-corrected chi connectivity index (χ3v) is 4.44. The van der Waals surface area contributed by atoms with Gasteiger partial charge < -0.3 is 10.7 Å². The largest absolute Gasteiger partial charge is 0.363 e. The van der Waals surface area contributed by atoms with Crippen molar-refractivity contribution in [2.45, 2.75) is 31.2 Å². The van der Waals surface area contributed by atoms with Crippen molar-refractivity contribution in [2.24, 2.45) is 5.73 Å². The molecule has 4 N–H and O–H groups in total. The van der Waals surface area contributed by atoms with Crippen LogP contribution in [0.4, 0.5) is 5.69 Å². The van der Waals surface area contributed by atoms with Crippen LogP contribution in [-0.2, 0) is 16.6 Å². The first-order valence-electron chi connectivity index (χ1n) is 6.42. The third kappa shape index (κ3) is 3.20. The normalized spacial score (nSPS) is 11.8. The number of nitrogens with two attached hydrogens (primary N) is 1. The van der Waals surface area contributed by atoms with E-state index in [9.17, 15) is 8.42 Å². The number of sulfonamides is 1. The van der Waals surface area contributed by atoms with Crippen molar-refractivity contribution in [3.8, 4) is 0 Å². The van der Waals surface area contributed by atoms with E-state index < -0.39 is 10.0 Å². The minimum atomic E-state index is -3.57. The van der Waals surface area contributed by atoms with Crippen molar-refractivity contribution < 1.29 is 8.42 Å². The van der Waals surface area contributed by atoms with Crippen LogP contribution in [0.25, 0.3) is 0 Å². The lowest BCUT2D eigenvalue weighted by Gasteiger charge is -2.09. The standard InChI is InChI=1S/C14H19N3O2S/c1-10(2)11-3-5-12(6-4-11)17-20(18,19)14-7-13(8-15)16-9-14/h3-7,9-10,16-17H,8,15H2,1-2H3. The van der Waals surface area contributed by atoms with Crippen LogP contribution in [0.2, 0.25) is 0 Å². The molecule has 0 fully saturated rings. The number of anilines is 1. The molecule has 0 aliphatic carbocycles. The first-order valence-corrected chi connectivity index (χ1v) is 7.91. The number of hydrogen-bond donors (Lipinski definition) is 3. The number of nitrogens with one attached hydrogen (secondary N) is 2. The molecule has 0 saturated heterocycles. The Morgan fingerprint density at radius 3 is 2.40 bits per heavy atom. The van der Waals surface area contributed by atoms with E-state index in [-0.39, 0.29) is 11.4 Å². The van der Waals surface area contributed by atoms with Gasteiger partial charge in [-0.2, -0.15) is 0 Å². The molecule has 1 aromatic heterocycles. The molecule has 2 rings (SSSR count). The number of aromatic nitrogens is 1. The molecule has 1 aromatic carbocycles. The van der Waals surface area contributed by atoms with E-state index in [0.717, 1.165) is 0 Å². The summed E-state index contributed by atoms with van der Waals surface area (Å²) in [7, 11) is -3.57. The van der Waals surface area contributed by atoms with Crippen molar-refractivity contribution in [1.82, 2.24) is 4.98 Å². The first-order chi connectivity index (χ1) is 9.42. The molecule has 0 bridgehead atoms. The summed E-state index contributed by atoms with van der Waals surface area (Å²) in [6, 6.07) is 8.91. The maximum Gasteiger partial charge on any atom is 0.263 e. The van der Waals surface area contributed by atoms with Crippen molar-refractivity contribution >= 4 is 15.7 Å². The van der Waals surface area contributed by atoms with Crippen LogP contribution in [-0.4, -0.2) is 13.4 Å². The Labute approximate surface area is 119 Å². The average molecular weight is 293 g/mol. The van der Waals surface area contributed by atoms with Gasteiger partial charge in [-0.3, -0.25) is 4.72 Å². The summed E-state index contributed by atoms with van der Waals surface area (Å²) in [5, 5.41) is 0. The Hall–Kier alpha value is -1.79. The Kier molecular flexibility index (Phi) is 4.15. The lowest BCUT2D eigenvalue weighted by Crippen LogP contribution is -2.12. The summed E-state index contributed by atoms with van der Waals surface area (Å²) in [6.07, 6.45) is 1.44. The summed E-state index contributed by atoms with van der Waals surface area (Å²) in [4.78, 5) is 3.01. The van der Waals surface area contributed by atoms with E-state index in [4.69, 9.17) is 5.73 Å². The fourth-order valence-electron chi connectivity index (χ4n) is 1.84. The van der Waals surface area contributed by atoms with Crippen LogP contribution in [0.15, 0.2) is 41.4 Å². The van der Waals surface area contributed by atoms with Gasteiger partial charge in [-0.1, -0.05) is 26.0 Å². The summed E-state index contributed by atoms with van der Waals surface area (Å²) in [6.45, 7) is 4.46. The molecule has 0 saturated carbocycles. The minimum Gasteiger partial charge on any atom is -0.363 e. The minimum absolute atomic E-state index is 0.186. The van der Waals surface area contributed by atoms with Crippen molar-refractivity contribution in [3.05, 3.63) is 47.8 Å². The highest BCUT2D eigenvalue weighted by molar-refractivity contribution is 7.92. The Morgan fingerprint density at radius 2 is 1.90 bits per heavy atom. The molecular formula is C14H19N3O2S. The van der Waals surface area contributed by atoms with Gasteiger partial charge in [-0.25, -0.2) is 8.42 Å². The fraction of sp³-hybridized carbons (Fsp3) is 0.286. The number of benzene rings is 1. The van der Waals surface area contributed by atoms with Gasteiger partial charge in [0.15, 0.2) is 0 Å². The fourth-order valence-corrected chi connectivity index (χ4v) is 2.92. The molecule has 2 aromatic rings. The van der Waals surface area contributed by atoms with E-state index in [1.807, 2.05) is 12.1 Å². The van der Waals surface area contributed by atoms with E-state index in [1.54, 1.807) is 12.1 Å². The highest BCUT2D eigenvalue weighted by atomic mass is 32.2. The van der Waals surface area contributed by atoms with E-state index in [0.29, 0.717) is 17.3 Å². The predicted molar refractivity (Wildman–Crippen MR) is 80.0 cm³/mol. The first kappa shape index (κ1) is 14.6.